The Balaban J connectivity index is 3.55. The number of rotatable bonds is 4. The second kappa shape index (κ2) is 5.62. The molecule has 1 atom stereocenters. The first-order valence-corrected chi connectivity index (χ1v) is 4.03. The van der Waals surface area contributed by atoms with Crippen LogP contribution in [0.25, 0.3) is 0 Å². The molecule has 0 bridgehead atoms. The van der Waals surface area contributed by atoms with E-state index in [1.165, 1.54) is 0 Å². The molecular weight excluding hydrogens is 152 g/mol. The van der Waals surface area contributed by atoms with Gasteiger partial charge in [0, 0.05) is 12.6 Å². The van der Waals surface area contributed by atoms with Gasteiger partial charge >= 0.3 is 0 Å². The summed E-state index contributed by atoms with van der Waals surface area (Å²) < 4.78 is 0. The van der Waals surface area contributed by atoms with E-state index in [1.807, 2.05) is 13.8 Å². The van der Waals surface area contributed by atoms with Crippen molar-refractivity contribution in [2.45, 2.75) is 26.3 Å². The molecule has 0 aromatic carbocycles. The fourth-order valence-corrected chi connectivity index (χ4v) is 0.623. The number of hydrogen-bond donors (Lipinski definition) is 2. The Morgan fingerprint density at radius 1 is 1.67 bits per heavy atom. The average molecular weight is 168 g/mol. The van der Waals surface area contributed by atoms with E-state index in [2.05, 4.69) is 11.2 Å². The third-order valence-electron chi connectivity index (χ3n) is 1.65. The molecule has 0 saturated heterocycles. The maximum absolute atomic E-state index is 10.9. The quantitative estimate of drug-likeness (QED) is 0.585. The summed E-state index contributed by atoms with van der Waals surface area (Å²) >= 11 is 0. The van der Waals surface area contributed by atoms with Crippen molar-refractivity contribution >= 4 is 5.91 Å². The largest absolute Gasteiger partial charge is 0.354 e. The zero-order valence-corrected chi connectivity index (χ0v) is 7.63. The van der Waals surface area contributed by atoms with E-state index in [-0.39, 0.29) is 18.4 Å². The van der Waals surface area contributed by atoms with Crippen molar-refractivity contribution in [3.63, 3.8) is 0 Å². The summed E-state index contributed by atoms with van der Waals surface area (Å²) in [5.74, 6) is 2.51. The van der Waals surface area contributed by atoms with Gasteiger partial charge in [0.2, 0.25) is 5.91 Å². The molecule has 3 heteroatoms. The Hall–Kier alpha value is -1.01. The summed E-state index contributed by atoms with van der Waals surface area (Å²) in [4.78, 5) is 10.9. The second-order valence-electron chi connectivity index (χ2n) is 3.09. The molecule has 3 N–H and O–H groups in total. The third kappa shape index (κ3) is 4.75. The molecule has 12 heavy (non-hydrogen) atoms. The van der Waals surface area contributed by atoms with Crippen molar-refractivity contribution in [2.75, 3.05) is 6.54 Å². The lowest BCUT2D eigenvalue weighted by Crippen LogP contribution is -2.40. The Kier molecular flexibility index (Phi) is 5.14. The van der Waals surface area contributed by atoms with Crippen LogP contribution in [0, 0.1) is 18.3 Å². The van der Waals surface area contributed by atoms with Crippen molar-refractivity contribution < 1.29 is 4.79 Å². The minimum atomic E-state index is -0.131. The molecular formula is C9H16N2O. The predicted molar refractivity (Wildman–Crippen MR) is 49.3 cm³/mol. The van der Waals surface area contributed by atoms with Crippen molar-refractivity contribution in [3.8, 4) is 12.3 Å². The minimum Gasteiger partial charge on any atom is -0.354 e. The SMILES string of the molecule is C#CCC(=O)NCC(N)C(C)C. The number of hydrogen-bond acceptors (Lipinski definition) is 2. The highest BCUT2D eigenvalue weighted by atomic mass is 16.1. The predicted octanol–water partition coefficient (Wildman–Crippen LogP) is 0.109. The summed E-state index contributed by atoms with van der Waals surface area (Å²) in [6.45, 7) is 4.52. The number of nitrogens with one attached hydrogen (secondary N) is 1. The summed E-state index contributed by atoms with van der Waals surface area (Å²) in [7, 11) is 0. The Labute approximate surface area is 73.7 Å². The third-order valence-corrected chi connectivity index (χ3v) is 1.65. The zero-order chi connectivity index (χ0) is 9.56. The molecule has 0 spiro atoms. The summed E-state index contributed by atoms with van der Waals surface area (Å²) in [5, 5.41) is 2.66. The van der Waals surface area contributed by atoms with Crippen LogP contribution in [0.1, 0.15) is 20.3 Å². The molecule has 0 aromatic rings. The zero-order valence-electron chi connectivity index (χ0n) is 7.63. The number of terminal acetylenes is 1. The number of carbonyl (C=O) groups excluding carboxylic acids is 1. The average Bonchev–Trinajstić information content (AvgIpc) is 2.00. The van der Waals surface area contributed by atoms with Gasteiger partial charge in [-0.25, -0.2) is 0 Å². The van der Waals surface area contributed by atoms with Crippen LogP contribution in [-0.4, -0.2) is 18.5 Å². The smallest absolute Gasteiger partial charge is 0.232 e. The van der Waals surface area contributed by atoms with Gasteiger partial charge in [0.25, 0.3) is 0 Å². The molecule has 0 rings (SSSR count). The van der Waals surface area contributed by atoms with Crippen LogP contribution >= 0.6 is 0 Å². The molecule has 0 aliphatic carbocycles. The molecule has 0 aliphatic rings. The maximum Gasteiger partial charge on any atom is 0.232 e. The van der Waals surface area contributed by atoms with Gasteiger partial charge in [0.15, 0.2) is 0 Å². The van der Waals surface area contributed by atoms with Crippen molar-refractivity contribution in [2.24, 2.45) is 11.7 Å². The van der Waals surface area contributed by atoms with Crippen molar-refractivity contribution in [1.82, 2.24) is 5.32 Å². The Bertz CT molecular complexity index is 181. The van der Waals surface area contributed by atoms with Gasteiger partial charge in [-0.1, -0.05) is 19.8 Å². The number of nitrogens with two attached hydrogens (primary N) is 1. The van der Waals surface area contributed by atoms with E-state index in [4.69, 9.17) is 12.2 Å². The highest BCUT2D eigenvalue weighted by Crippen LogP contribution is 1.95. The number of amides is 1. The molecule has 0 aromatic heterocycles. The molecule has 0 aliphatic heterocycles. The van der Waals surface area contributed by atoms with Gasteiger partial charge in [0.1, 0.15) is 0 Å². The lowest BCUT2D eigenvalue weighted by molar-refractivity contribution is -0.120. The van der Waals surface area contributed by atoms with Crippen LogP contribution in [0.5, 0.6) is 0 Å². The molecule has 68 valence electrons. The van der Waals surface area contributed by atoms with Gasteiger partial charge in [-0.2, -0.15) is 0 Å². The van der Waals surface area contributed by atoms with Gasteiger partial charge in [-0.05, 0) is 5.92 Å². The first-order valence-electron chi connectivity index (χ1n) is 4.03. The fourth-order valence-electron chi connectivity index (χ4n) is 0.623. The van der Waals surface area contributed by atoms with Gasteiger partial charge in [-0.15, -0.1) is 6.42 Å². The minimum absolute atomic E-state index is 0.00623. The molecule has 0 saturated carbocycles. The Morgan fingerprint density at radius 2 is 2.25 bits per heavy atom. The van der Waals surface area contributed by atoms with E-state index < -0.39 is 0 Å². The lowest BCUT2D eigenvalue weighted by Gasteiger charge is -2.15. The Morgan fingerprint density at radius 3 is 2.67 bits per heavy atom. The van der Waals surface area contributed by atoms with Crippen LogP contribution in [0.4, 0.5) is 0 Å². The van der Waals surface area contributed by atoms with Crippen LogP contribution < -0.4 is 11.1 Å². The highest BCUT2D eigenvalue weighted by molar-refractivity contribution is 5.78. The summed E-state index contributed by atoms with van der Waals surface area (Å²) in [6.07, 6.45) is 5.08. The van der Waals surface area contributed by atoms with Crippen LogP contribution in [0.2, 0.25) is 0 Å². The summed E-state index contributed by atoms with van der Waals surface area (Å²) in [5.41, 5.74) is 5.69. The second-order valence-corrected chi connectivity index (χ2v) is 3.09. The molecule has 0 radical (unpaired) electrons. The monoisotopic (exact) mass is 168 g/mol. The van der Waals surface area contributed by atoms with Gasteiger partial charge < -0.3 is 11.1 Å². The normalized spacial score (nSPS) is 12.2. The maximum atomic E-state index is 10.9. The molecule has 1 amide bonds. The first-order chi connectivity index (χ1) is 5.57. The molecule has 1 unspecified atom stereocenters. The van der Waals surface area contributed by atoms with Gasteiger partial charge in [-0.3, -0.25) is 4.79 Å². The van der Waals surface area contributed by atoms with Crippen LogP contribution in [0.15, 0.2) is 0 Å². The topological polar surface area (TPSA) is 55.1 Å². The van der Waals surface area contributed by atoms with E-state index in [1.54, 1.807) is 0 Å². The fraction of sp³-hybridized carbons (Fsp3) is 0.667. The molecule has 0 heterocycles. The molecule has 0 fully saturated rings. The van der Waals surface area contributed by atoms with Crippen LogP contribution in [0.3, 0.4) is 0 Å². The molecule has 3 nitrogen and oxygen atoms in total. The lowest BCUT2D eigenvalue weighted by atomic mass is 10.1. The van der Waals surface area contributed by atoms with Crippen molar-refractivity contribution in [3.05, 3.63) is 0 Å². The standard InChI is InChI=1S/C9H16N2O/c1-4-5-9(12)11-6-8(10)7(2)3/h1,7-8H,5-6,10H2,2-3H3,(H,11,12). The number of carbonyl (C=O) groups is 1. The van der Waals surface area contributed by atoms with Crippen molar-refractivity contribution in [1.29, 1.82) is 0 Å². The van der Waals surface area contributed by atoms with E-state index in [9.17, 15) is 4.79 Å². The van der Waals surface area contributed by atoms with E-state index in [0.29, 0.717) is 12.5 Å². The van der Waals surface area contributed by atoms with E-state index >= 15 is 0 Å². The summed E-state index contributed by atoms with van der Waals surface area (Å²) in [6, 6.07) is 0.00623. The van der Waals surface area contributed by atoms with E-state index in [0.717, 1.165) is 0 Å². The van der Waals surface area contributed by atoms with Crippen LogP contribution in [-0.2, 0) is 4.79 Å². The van der Waals surface area contributed by atoms with Gasteiger partial charge in [0.05, 0.1) is 6.42 Å². The first kappa shape index (κ1) is 11.0. The highest BCUT2D eigenvalue weighted by Gasteiger charge is 2.07.